The minimum atomic E-state index is 0.627. The van der Waals surface area contributed by atoms with Crippen molar-refractivity contribution < 1.29 is 9.53 Å². The van der Waals surface area contributed by atoms with Crippen LogP contribution in [0.4, 0.5) is 0 Å². The number of carbonyl (C=O) groups excluding carboxylic acids is 1. The lowest BCUT2D eigenvalue weighted by Gasteiger charge is -2.10. The van der Waals surface area contributed by atoms with Crippen LogP contribution in [0, 0.1) is 12.8 Å². The van der Waals surface area contributed by atoms with E-state index >= 15 is 0 Å². The fourth-order valence-electron chi connectivity index (χ4n) is 1.48. The molecule has 0 spiro atoms. The molecule has 1 aliphatic carbocycles. The van der Waals surface area contributed by atoms with Gasteiger partial charge in [-0.15, -0.1) is 0 Å². The summed E-state index contributed by atoms with van der Waals surface area (Å²) in [6.07, 6.45) is 3.35. The van der Waals surface area contributed by atoms with Gasteiger partial charge in [0, 0.05) is 0 Å². The minimum Gasteiger partial charge on any atom is -0.491 e. The summed E-state index contributed by atoms with van der Waals surface area (Å²) in [6.45, 7) is 2.69. The normalized spacial score (nSPS) is 15.1. The van der Waals surface area contributed by atoms with E-state index in [1.54, 1.807) is 0 Å². The molecule has 0 aliphatic heterocycles. The smallest absolute Gasteiger partial charge is 0.153 e. The molecule has 0 radical (unpaired) electrons. The molecule has 1 aromatic rings. The summed E-state index contributed by atoms with van der Waals surface area (Å²) in [6, 6.07) is 3.81. The minimum absolute atomic E-state index is 0.627. The number of halogens is 1. The molecule has 3 heteroatoms. The van der Waals surface area contributed by atoms with Crippen molar-refractivity contribution in [3.63, 3.8) is 0 Å². The van der Waals surface area contributed by atoms with Crippen molar-refractivity contribution in [3.05, 3.63) is 27.7 Å². The predicted octanol–water partition coefficient (Wildman–Crippen LogP) is 3.36. The Balaban J connectivity index is 2.21. The van der Waals surface area contributed by atoms with Gasteiger partial charge in [0.25, 0.3) is 0 Å². The van der Waals surface area contributed by atoms with E-state index in [9.17, 15) is 4.79 Å². The maximum absolute atomic E-state index is 10.9. The van der Waals surface area contributed by atoms with Crippen molar-refractivity contribution in [1.29, 1.82) is 0 Å². The highest BCUT2D eigenvalue weighted by atomic mass is 79.9. The largest absolute Gasteiger partial charge is 0.491 e. The van der Waals surface area contributed by atoms with Crippen LogP contribution in [0.3, 0.4) is 0 Å². The van der Waals surface area contributed by atoms with Crippen molar-refractivity contribution >= 4 is 22.2 Å². The Bertz CT molecular complexity index is 383. The van der Waals surface area contributed by atoms with Gasteiger partial charge in [0.2, 0.25) is 0 Å². The lowest BCUT2D eigenvalue weighted by atomic mass is 10.1. The lowest BCUT2D eigenvalue weighted by molar-refractivity contribution is 0.111. The fraction of sp³-hybridized carbons (Fsp3) is 0.417. The van der Waals surface area contributed by atoms with E-state index in [0.29, 0.717) is 17.2 Å². The molecular weight excluding hydrogens is 256 g/mol. The number of benzene rings is 1. The first-order valence-corrected chi connectivity index (χ1v) is 5.88. The Kier molecular flexibility index (Phi) is 3.10. The maximum Gasteiger partial charge on any atom is 0.153 e. The zero-order valence-corrected chi connectivity index (χ0v) is 10.2. The number of hydrogen-bond acceptors (Lipinski definition) is 2. The summed E-state index contributed by atoms with van der Waals surface area (Å²) in [5.41, 5.74) is 1.69. The SMILES string of the molecule is Cc1cc(Br)c(OCC2CC2)c(C=O)c1. The number of rotatable bonds is 4. The van der Waals surface area contributed by atoms with Crippen molar-refractivity contribution in [1.82, 2.24) is 0 Å². The van der Waals surface area contributed by atoms with Gasteiger partial charge < -0.3 is 4.74 Å². The fourth-order valence-corrected chi connectivity index (χ4v) is 2.19. The van der Waals surface area contributed by atoms with E-state index in [0.717, 1.165) is 22.9 Å². The molecule has 0 amide bonds. The monoisotopic (exact) mass is 268 g/mol. The van der Waals surface area contributed by atoms with Gasteiger partial charge in [-0.05, 0) is 59.3 Å². The van der Waals surface area contributed by atoms with E-state index in [2.05, 4.69) is 15.9 Å². The second-order valence-electron chi connectivity index (χ2n) is 4.04. The van der Waals surface area contributed by atoms with Gasteiger partial charge >= 0.3 is 0 Å². The van der Waals surface area contributed by atoms with Crippen LogP contribution in [0.1, 0.15) is 28.8 Å². The summed E-state index contributed by atoms with van der Waals surface area (Å²) in [7, 11) is 0. The second-order valence-corrected chi connectivity index (χ2v) is 4.89. The summed E-state index contributed by atoms with van der Waals surface area (Å²) in [5, 5.41) is 0. The lowest BCUT2D eigenvalue weighted by Crippen LogP contribution is -2.02. The molecule has 1 aliphatic rings. The second kappa shape index (κ2) is 4.35. The predicted molar refractivity (Wildman–Crippen MR) is 62.5 cm³/mol. The van der Waals surface area contributed by atoms with Gasteiger partial charge in [-0.3, -0.25) is 4.79 Å². The van der Waals surface area contributed by atoms with Gasteiger partial charge in [-0.1, -0.05) is 0 Å². The molecule has 0 saturated heterocycles. The Labute approximate surface area is 97.8 Å². The number of ether oxygens (including phenoxy) is 1. The molecule has 2 nitrogen and oxygen atoms in total. The zero-order valence-electron chi connectivity index (χ0n) is 8.63. The van der Waals surface area contributed by atoms with E-state index in [4.69, 9.17) is 4.74 Å². The van der Waals surface area contributed by atoms with Gasteiger partial charge in [0.05, 0.1) is 16.6 Å². The van der Waals surface area contributed by atoms with E-state index in [1.807, 2.05) is 19.1 Å². The summed E-state index contributed by atoms with van der Waals surface area (Å²) in [4.78, 5) is 10.9. The molecule has 1 saturated carbocycles. The number of carbonyl (C=O) groups is 1. The molecule has 0 unspecified atom stereocenters. The quantitative estimate of drug-likeness (QED) is 0.783. The van der Waals surface area contributed by atoms with Gasteiger partial charge in [-0.25, -0.2) is 0 Å². The molecule has 1 aromatic carbocycles. The Morgan fingerprint density at radius 2 is 2.27 bits per heavy atom. The highest BCUT2D eigenvalue weighted by Crippen LogP contribution is 2.34. The van der Waals surface area contributed by atoms with Crippen molar-refractivity contribution in [2.45, 2.75) is 19.8 Å². The summed E-state index contributed by atoms with van der Waals surface area (Å²) < 4.78 is 6.53. The average Bonchev–Trinajstić information content (AvgIpc) is 2.99. The van der Waals surface area contributed by atoms with Crippen LogP contribution >= 0.6 is 15.9 Å². The molecule has 0 heterocycles. The molecule has 80 valence electrons. The Morgan fingerprint density at radius 1 is 1.53 bits per heavy atom. The molecule has 2 rings (SSSR count). The van der Waals surface area contributed by atoms with Gasteiger partial charge in [-0.2, -0.15) is 0 Å². The number of hydrogen-bond donors (Lipinski definition) is 0. The van der Waals surface area contributed by atoms with E-state index in [-0.39, 0.29) is 0 Å². The first-order chi connectivity index (χ1) is 7.20. The first-order valence-electron chi connectivity index (χ1n) is 5.09. The average molecular weight is 269 g/mol. The van der Waals surface area contributed by atoms with Crippen LogP contribution in [0.25, 0.3) is 0 Å². The molecule has 0 N–H and O–H groups in total. The third-order valence-corrected chi connectivity index (χ3v) is 3.09. The topological polar surface area (TPSA) is 26.3 Å². The molecule has 0 atom stereocenters. The van der Waals surface area contributed by atoms with Gasteiger partial charge in [0.15, 0.2) is 6.29 Å². The molecule has 0 bridgehead atoms. The molecular formula is C12H13BrO2. The molecule has 0 aromatic heterocycles. The maximum atomic E-state index is 10.9. The van der Waals surface area contributed by atoms with Crippen LogP contribution < -0.4 is 4.74 Å². The zero-order chi connectivity index (χ0) is 10.8. The third-order valence-electron chi connectivity index (χ3n) is 2.50. The van der Waals surface area contributed by atoms with Crippen LogP contribution in [-0.4, -0.2) is 12.9 Å². The highest BCUT2D eigenvalue weighted by Gasteiger charge is 2.23. The highest BCUT2D eigenvalue weighted by molar-refractivity contribution is 9.10. The van der Waals surface area contributed by atoms with E-state index in [1.165, 1.54) is 12.8 Å². The molecule has 15 heavy (non-hydrogen) atoms. The van der Waals surface area contributed by atoms with Crippen LogP contribution in [0.5, 0.6) is 5.75 Å². The van der Waals surface area contributed by atoms with Crippen molar-refractivity contribution in [2.24, 2.45) is 5.92 Å². The van der Waals surface area contributed by atoms with Crippen LogP contribution in [0.2, 0.25) is 0 Å². The Morgan fingerprint density at radius 3 is 2.87 bits per heavy atom. The van der Waals surface area contributed by atoms with Crippen LogP contribution in [-0.2, 0) is 0 Å². The van der Waals surface area contributed by atoms with Crippen LogP contribution in [0.15, 0.2) is 16.6 Å². The van der Waals surface area contributed by atoms with Crippen molar-refractivity contribution in [2.75, 3.05) is 6.61 Å². The Hall–Kier alpha value is -0.830. The number of aldehydes is 1. The third kappa shape index (κ3) is 2.59. The summed E-state index contributed by atoms with van der Waals surface area (Å²) in [5.74, 6) is 1.38. The first kappa shape index (κ1) is 10.7. The molecule has 1 fully saturated rings. The summed E-state index contributed by atoms with van der Waals surface area (Å²) >= 11 is 3.43. The van der Waals surface area contributed by atoms with Gasteiger partial charge in [0.1, 0.15) is 5.75 Å². The van der Waals surface area contributed by atoms with Crippen molar-refractivity contribution in [3.8, 4) is 5.75 Å². The standard InChI is InChI=1S/C12H13BrO2/c1-8-4-10(6-14)12(11(13)5-8)15-7-9-2-3-9/h4-6,9H,2-3,7H2,1H3. The van der Waals surface area contributed by atoms with E-state index < -0.39 is 0 Å². The number of aryl methyl sites for hydroxylation is 1.